The van der Waals surface area contributed by atoms with Crippen LogP contribution in [0.4, 0.5) is 29.2 Å². The molecule has 1 amide bonds. The van der Waals surface area contributed by atoms with Gasteiger partial charge in [0, 0.05) is 64.0 Å². The smallest absolute Gasteiger partial charge is 0.372 e. The van der Waals surface area contributed by atoms with Crippen molar-refractivity contribution in [3.63, 3.8) is 0 Å². The van der Waals surface area contributed by atoms with Gasteiger partial charge in [-0.1, -0.05) is 0 Å². The number of nitrogens with zero attached hydrogens (tertiary/aromatic N) is 6. The molecule has 222 valence electrons. The van der Waals surface area contributed by atoms with Gasteiger partial charge in [0.05, 0.1) is 11.3 Å². The minimum atomic E-state index is -4.81. The first-order chi connectivity index (χ1) is 19.4. The number of imidazole rings is 1. The van der Waals surface area contributed by atoms with E-state index >= 15 is 0 Å². The Labute approximate surface area is 237 Å². The highest BCUT2D eigenvalue weighted by Crippen LogP contribution is 2.36. The zero-order chi connectivity index (χ0) is 29.9. The van der Waals surface area contributed by atoms with Gasteiger partial charge in [-0.05, 0) is 51.9 Å². The molecule has 0 spiro atoms. The minimum absolute atomic E-state index is 0.0287. The van der Waals surface area contributed by atoms with Crippen LogP contribution in [0.5, 0.6) is 0 Å². The lowest BCUT2D eigenvalue weighted by atomic mass is 9.95. The maximum Gasteiger partial charge on any atom is 0.419 e. The van der Waals surface area contributed by atoms with E-state index in [4.69, 9.17) is 4.98 Å². The zero-order valence-electron chi connectivity index (χ0n) is 23.9. The van der Waals surface area contributed by atoms with Crippen LogP contribution in [0.2, 0.25) is 0 Å². The summed E-state index contributed by atoms with van der Waals surface area (Å²) in [6.07, 6.45) is -0.238. The van der Waals surface area contributed by atoms with Crippen molar-refractivity contribution in [2.45, 2.75) is 51.4 Å². The number of hydrogen-bond donors (Lipinski definition) is 2. The van der Waals surface area contributed by atoms with Crippen LogP contribution < -0.4 is 15.5 Å². The van der Waals surface area contributed by atoms with Crippen LogP contribution in [0.15, 0.2) is 30.7 Å². The van der Waals surface area contributed by atoms with Crippen molar-refractivity contribution in [1.29, 1.82) is 0 Å². The quantitative estimate of drug-likeness (QED) is 0.359. The Morgan fingerprint density at radius 3 is 2.49 bits per heavy atom. The molecule has 0 atom stereocenters. The number of benzene rings is 1. The van der Waals surface area contributed by atoms with E-state index in [-0.39, 0.29) is 17.4 Å². The molecule has 13 heteroatoms. The van der Waals surface area contributed by atoms with Crippen LogP contribution in [0.1, 0.15) is 54.4 Å². The van der Waals surface area contributed by atoms with Crippen molar-refractivity contribution >= 4 is 17.5 Å². The number of carbonyl (C=O) groups is 1. The van der Waals surface area contributed by atoms with Crippen LogP contribution in [-0.2, 0) is 12.7 Å². The number of alkyl halides is 3. The van der Waals surface area contributed by atoms with Crippen LogP contribution in [-0.4, -0.2) is 77.1 Å². The summed E-state index contributed by atoms with van der Waals surface area (Å²) < 4.78 is 56.2. The molecule has 0 saturated carbocycles. The van der Waals surface area contributed by atoms with Gasteiger partial charge in [0.25, 0.3) is 5.91 Å². The van der Waals surface area contributed by atoms with Crippen molar-refractivity contribution in [3.05, 3.63) is 53.5 Å². The average molecular weight is 577 g/mol. The highest BCUT2D eigenvalue weighted by molar-refractivity contribution is 6.03. The van der Waals surface area contributed by atoms with Crippen LogP contribution in [0.3, 0.4) is 0 Å². The Kier molecular flexibility index (Phi) is 9.15. The fourth-order valence-corrected chi connectivity index (χ4v) is 4.99. The van der Waals surface area contributed by atoms with Gasteiger partial charge in [-0.2, -0.15) is 13.2 Å². The van der Waals surface area contributed by atoms with Gasteiger partial charge in [0.1, 0.15) is 35.2 Å². The summed E-state index contributed by atoms with van der Waals surface area (Å²) in [5.74, 6) is 0.174. The maximum atomic E-state index is 14.0. The van der Waals surface area contributed by atoms with Gasteiger partial charge in [0.15, 0.2) is 0 Å². The number of likely N-dealkylation sites (N-methyl/N-ethyl adjacent to an activating group) is 1. The molecular weight excluding hydrogens is 540 g/mol. The molecule has 2 N–H and O–H groups in total. The largest absolute Gasteiger partial charge is 0.419 e. The average Bonchev–Trinajstić information content (AvgIpc) is 3.38. The lowest BCUT2D eigenvalue weighted by molar-refractivity contribution is -0.139. The first-order valence-corrected chi connectivity index (χ1v) is 13.6. The van der Waals surface area contributed by atoms with E-state index in [9.17, 15) is 22.4 Å². The Bertz CT molecular complexity index is 1370. The molecule has 3 heterocycles. The number of halogens is 4. The summed E-state index contributed by atoms with van der Waals surface area (Å²) in [5.41, 5.74) is -0.356. The van der Waals surface area contributed by atoms with E-state index in [1.54, 1.807) is 20.3 Å². The number of anilines is 2. The first-order valence-electron chi connectivity index (χ1n) is 13.6. The Balaban J connectivity index is 1.63. The minimum Gasteiger partial charge on any atom is -0.372 e. The molecule has 2 aromatic heterocycles. The number of rotatable bonds is 9. The monoisotopic (exact) mass is 576 g/mol. The highest BCUT2D eigenvalue weighted by atomic mass is 19.4. The van der Waals surface area contributed by atoms with Crippen molar-refractivity contribution < 1.29 is 22.4 Å². The van der Waals surface area contributed by atoms with Gasteiger partial charge < -0.3 is 25.0 Å². The third kappa shape index (κ3) is 6.61. The topological polar surface area (TPSA) is 91.2 Å². The maximum absolute atomic E-state index is 14.0. The normalized spacial score (nSPS) is 14.7. The molecule has 1 aromatic carbocycles. The summed E-state index contributed by atoms with van der Waals surface area (Å²) in [6, 6.07) is 3.32. The molecule has 41 heavy (non-hydrogen) atoms. The van der Waals surface area contributed by atoms with E-state index in [0.29, 0.717) is 61.4 Å². The van der Waals surface area contributed by atoms with Gasteiger partial charge in [-0.3, -0.25) is 4.79 Å². The lowest BCUT2D eigenvalue weighted by Gasteiger charge is -2.34. The Morgan fingerprint density at radius 2 is 1.88 bits per heavy atom. The van der Waals surface area contributed by atoms with Crippen molar-refractivity contribution in [1.82, 2.24) is 29.7 Å². The second-order valence-corrected chi connectivity index (χ2v) is 10.5. The van der Waals surface area contributed by atoms with Crippen molar-refractivity contribution in [2.24, 2.45) is 0 Å². The Morgan fingerprint density at radius 1 is 1.17 bits per heavy atom. The second-order valence-electron chi connectivity index (χ2n) is 10.5. The highest BCUT2D eigenvalue weighted by Gasteiger charge is 2.35. The molecular formula is C28H36F4N8O. The first kappa shape index (κ1) is 30.2. The third-order valence-electron chi connectivity index (χ3n) is 7.63. The number of hydrogen-bond acceptors (Lipinski definition) is 7. The molecule has 1 aliphatic heterocycles. The van der Waals surface area contributed by atoms with E-state index in [1.807, 2.05) is 16.5 Å². The number of amides is 1. The molecule has 0 bridgehead atoms. The van der Waals surface area contributed by atoms with E-state index in [2.05, 4.69) is 39.3 Å². The molecule has 1 saturated heterocycles. The molecule has 9 nitrogen and oxygen atoms in total. The molecule has 3 aromatic rings. The standard InChI is InChI=1S/C28H36F4N8O/c1-17(2)38(5)12-13-40-15-22(19-6-7-21(29)20(14-19)28(30,31)32)37-25(40)18-8-10-39(11-9-18)26-23(27(41)34-4)24(33-3)35-16-36-26/h6-7,14-18H,8-13H2,1-5H3,(H,34,41)(H,33,35,36). The van der Waals surface area contributed by atoms with E-state index in [0.717, 1.165) is 24.5 Å². The number of nitrogens with one attached hydrogen (secondary N) is 2. The van der Waals surface area contributed by atoms with Gasteiger partial charge in [-0.25, -0.2) is 19.3 Å². The molecule has 1 fully saturated rings. The predicted molar refractivity (Wildman–Crippen MR) is 150 cm³/mol. The fourth-order valence-electron chi connectivity index (χ4n) is 4.99. The van der Waals surface area contributed by atoms with Crippen LogP contribution in [0.25, 0.3) is 11.3 Å². The molecule has 0 unspecified atom stereocenters. The van der Waals surface area contributed by atoms with Gasteiger partial charge in [0.2, 0.25) is 0 Å². The molecule has 0 aliphatic carbocycles. The fraction of sp³-hybridized carbons (Fsp3) is 0.500. The van der Waals surface area contributed by atoms with Crippen molar-refractivity contribution in [3.8, 4) is 11.3 Å². The number of carbonyl (C=O) groups excluding carboxylic acids is 1. The second kappa shape index (κ2) is 12.4. The van der Waals surface area contributed by atoms with Crippen LogP contribution >= 0.6 is 0 Å². The summed E-state index contributed by atoms with van der Waals surface area (Å²) in [7, 11) is 5.26. The van der Waals surface area contributed by atoms with Gasteiger partial charge >= 0.3 is 6.18 Å². The number of aromatic nitrogens is 4. The summed E-state index contributed by atoms with van der Waals surface area (Å²) in [6.45, 7) is 6.69. The Hall–Kier alpha value is -3.74. The van der Waals surface area contributed by atoms with Crippen LogP contribution in [0, 0.1) is 5.82 Å². The molecule has 0 radical (unpaired) electrons. The van der Waals surface area contributed by atoms with E-state index in [1.165, 1.54) is 12.4 Å². The molecule has 4 rings (SSSR count). The summed E-state index contributed by atoms with van der Waals surface area (Å²) >= 11 is 0. The lowest BCUT2D eigenvalue weighted by Crippen LogP contribution is -2.37. The predicted octanol–water partition coefficient (Wildman–Crippen LogP) is 4.62. The van der Waals surface area contributed by atoms with Gasteiger partial charge in [-0.15, -0.1) is 0 Å². The SMILES string of the molecule is CNC(=O)c1c(NC)ncnc1N1CCC(c2nc(-c3ccc(F)c(C(F)(F)F)c3)cn2CCN(C)C(C)C)CC1. The van der Waals surface area contributed by atoms with E-state index < -0.39 is 17.6 Å². The number of piperidine rings is 1. The summed E-state index contributed by atoms with van der Waals surface area (Å²) in [4.78, 5) is 30.2. The molecule has 1 aliphatic rings. The van der Waals surface area contributed by atoms with Crippen molar-refractivity contribution in [2.75, 3.05) is 51.0 Å². The summed E-state index contributed by atoms with van der Waals surface area (Å²) in [5, 5.41) is 5.60. The third-order valence-corrected chi connectivity index (χ3v) is 7.63. The zero-order valence-corrected chi connectivity index (χ0v) is 23.9.